The van der Waals surface area contributed by atoms with Crippen LogP contribution in [-0.4, -0.2) is 25.0 Å². The standard InChI is InChI=1S/C19H20N2O4/c1-13(22)21-16-5-2-14(3-6-16)11-19(23)20-12-15-4-7-17-18(10-15)25-9-8-24-17/h2-7,10H,8-9,11-12H2,1H3,(H,20,23)(H,21,22). The Morgan fingerprint density at radius 3 is 2.36 bits per heavy atom. The van der Waals surface area contributed by atoms with Gasteiger partial charge in [0.15, 0.2) is 11.5 Å². The Labute approximate surface area is 146 Å². The molecular weight excluding hydrogens is 320 g/mol. The van der Waals surface area contributed by atoms with E-state index in [1.54, 1.807) is 12.1 Å². The molecule has 2 amide bonds. The molecule has 130 valence electrons. The summed E-state index contributed by atoms with van der Waals surface area (Å²) < 4.78 is 11.0. The van der Waals surface area contributed by atoms with Gasteiger partial charge in [0.25, 0.3) is 0 Å². The molecule has 0 bridgehead atoms. The zero-order chi connectivity index (χ0) is 17.6. The molecule has 0 atom stereocenters. The van der Waals surface area contributed by atoms with Crippen molar-refractivity contribution in [2.75, 3.05) is 18.5 Å². The fraction of sp³-hybridized carbons (Fsp3) is 0.263. The van der Waals surface area contributed by atoms with Crippen LogP contribution < -0.4 is 20.1 Å². The third-order valence-corrected chi connectivity index (χ3v) is 3.74. The highest BCUT2D eigenvalue weighted by molar-refractivity contribution is 5.88. The molecule has 0 unspecified atom stereocenters. The van der Waals surface area contributed by atoms with Gasteiger partial charge in [-0.3, -0.25) is 9.59 Å². The summed E-state index contributed by atoms with van der Waals surface area (Å²) in [6, 6.07) is 12.9. The molecule has 2 aromatic carbocycles. The largest absolute Gasteiger partial charge is 0.486 e. The highest BCUT2D eigenvalue weighted by Crippen LogP contribution is 2.30. The van der Waals surface area contributed by atoms with Crippen LogP contribution in [0, 0.1) is 0 Å². The van der Waals surface area contributed by atoms with E-state index in [-0.39, 0.29) is 18.2 Å². The third kappa shape index (κ3) is 4.73. The van der Waals surface area contributed by atoms with E-state index in [0.29, 0.717) is 31.2 Å². The van der Waals surface area contributed by atoms with Crippen molar-refractivity contribution in [3.8, 4) is 11.5 Å². The van der Waals surface area contributed by atoms with Crippen molar-refractivity contribution in [1.82, 2.24) is 5.32 Å². The predicted molar refractivity (Wildman–Crippen MR) is 93.7 cm³/mol. The van der Waals surface area contributed by atoms with Crippen molar-refractivity contribution < 1.29 is 19.1 Å². The first kappa shape index (κ1) is 16.8. The van der Waals surface area contributed by atoms with Gasteiger partial charge in [-0.2, -0.15) is 0 Å². The Morgan fingerprint density at radius 2 is 1.64 bits per heavy atom. The van der Waals surface area contributed by atoms with E-state index < -0.39 is 0 Å². The van der Waals surface area contributed by atoms with Crippen LogP contribution in [0.25, 0.3) is 0 Å². The van der Waals surface area contributed by atoms with Gasteiger partial charge in [-0.05, 0) is 35.4 Å². The smallest absolute Gasteiger partial charge is 0.224 e. The average Bonchev–Trinajstić information content (AvgIpc) is 2.61. The van der Waals surface area contributed by atoms with Crippen LogP contribution in [0.15, 0.2) is 42.5 Å². The molecule has 2 N–H and O–H groups in total. The quantitative estimate of drug-likeness (QED) is 0.875. The molecule has 1 aliphatic heterocycles. The minimum absolute atomic E-state index is 0.0674. The topological polar surface area (TPSA) is 76.7 Å². The summed E-state index contributed by atoms with van der Waals surface area (Å²) in [6.45, 7) is 2.99. The molecule has 1 aliphatic rings. The van der Waals surface area contributed by atoms with E-state index >= 15 is 0 Å². The van der Waals surface area contributed by atoms with Gasteiger partial charge in [-0.25, -0.2) is 0 Å². The van der Waals surface area contributed by atoms with Crippen LogP contribution in [-0.2, 0) is 22.6 Å². The highest BCUT2D eigenvalue weighted by atomic mass is 16.6. The first-order chi connectivity index (χ1) is 12.1. The van der Waals surface area contributed by atoms with Gasteiger partial charge in [0.05, 0.1) is 6.42 Å². The van der Waals surface area contributed by atoms with Crippen LogP contribution in [0.5, 0.6) is 11.5 Å². The number of carbonyl (C=O) groups excluding carboxylic acids is 2. The van der Waals surface area contributed by atoms with Crippen LogP contribution >= 0.6 is 0 Å². The zero-order valence-corrected chi connectivity index (χ0v) is 14.0. The number of benzene rings is 2. The number of carbonyl (C=O) groups is 2. The lowest BCUT2D eigenvalue weighted by Crippen LogP contribution is -2.24. The number of anilines is 1. The first-order valence-electron chi connectivity index (χ1n) is 8.12. The number of amides is 2. The van der Waals surface area contributed by atoms with Crippen molar-refractivity contribution in [2.45, 2.75) is 19.9 Å². The Kier molecular flexibility index (Phi) is 5.18. The molecule has 3 rings (SSSR count). The van der Waals surface area contributed by atoms with E-state index in [4.69, 9.17) is 9.47 Å². The molecule has 0 spiro atoms. The van der Waals surface area contributed by atoms with Gasteiger partial charge in [-0.15, -0.1) is 0 Å². The fourth-order valence-electron chi connectivity index (χ4n) is 2.56. The van der Waals surface area contributed by atoms with Gasteiger partial charge >= 0.3 is 0 Å². The minimum atomic E-state index is -0.120. The van der Waals surface area contributed by atoms with Gasteiger partial charge in [0.2, 0.25) is 11.8 Å². The second-order valence-electron chi connectivity index (χ2n) is 5.81. The van der Waals surface area contributed by atoms with E-state index in [1.807, 2.05) is 30.3 Å². The third-order valence-electron chi connectivity index (χ3n) is 3.74. The van der Waals surface area contributed by atoms with Gasteiger partial charge in [0.1, 0.15) is 13.2 Å². The van der Waals surface area contributed by atoms with Crippen LogP contribution in [0.3, 0.4) is 0 Å². The van der Waals surface area contributed by atoms with Crippen LogP contribution in [0.2, 0.25) is 0 Å². The summed E-state index contributed by atoms with van der Waals surface area (Å²) in [4.78, 5) is 23.1. The Hall–Kier alpha value is -3.02. The molecule has 6 heteroatoms. The lowest BCUT2D eigenvalue weighted by molar-refractivity contribution is -0.120. The molecule has 1 heterocycles. The molecule has 2 aromatic rings. The maximum absolute atomic E-state index is 12.1. The zero-order valence-electron chi connectivity index (χ0n) is 14.0. The highest BCUT2D eigenvalue weighted by Gasteiger charge is 2.12. The van der Waals surface area contributed by atoms with Crippen LogP contribution in [0.4, 0.5) is 5.69 Å². The van der Waals surface area contributed by atoms with Crippen LogP contribution in [0.1, 0.15) is 18.1 Å². The van der Waals surface area contributed by atoms with Gasteiger partial charge < -0.3 is 20.1 Å². The number of rotatable bonds is 5. The summed E-state index contributed by atoms with van der Waals surface area (Å²) in [5.41, 5.74) is 2.56. The molecule has 6 nitrogen and oxygen atoms in total. The molecule has 0 saturated carbocycles. The molecular formula is C19H20N2O4. The van der Waals surface area contributed by atoms with E-state index in [1.165, 1.54) is 6.92 Å². The maximum Gasteiger partial charge on any atom is 0.224 e. The van der Waals surface area contributed by atoms with Crippen molar-refractivity contribution >= 4 is 17.5 Å². The second kappa shape index (κ2) is 7.70. The predicted octanol–water partition coefficient (Wildman–Crippen LogP) is 2.28. The molecule has 0 aromatic heterocycles. The fourth-order valence-corrected chi connectivity index (χ4v) is 2.56. The Morgan fingerprint density at radius 1 is 0.960 bits per heavy atom. The Bertz CT molecular complexity index is 771. The summed E-state index contributed by atoms with van der Waals surface area (Å²) in [6.07, 6.45) is 0.283. The van der Waals surface area contributed by atoms with Crippen molar-refractivity contribution in [1.29, 1.82) is 0 Å². The Balaban J connectivity index is 1.51. The number of ether oxygens (including phenoxy) is 2. The molecule has 0 fully saturated rings. The summed E-state index contributed by atoms with van der Waals surface area (Å²) in [5.74, 6) is 1.26. The summed E-state index contributed by atoms with van der Waals surface area (Å²) >= 11 is 0. The first-order valence-corrected chi connectivity index (χ1v) is 8.12. The van der Waals surface area contributed by atoms with Crippen molar-refractivity contribution in [3.63, 3.8) is 0 Å². The molecule has 25 heavy (non-hydrogen) atoms. The van der Waals surface area contributed by atoms with Gasteiger partial charge in [-0.1, -0.05) is 18.2 Å². The molecule has 0 saturated heterocycles. The summed E-state index contributed by atoms with van der Waals surface area (Å²) in [7, 11) is 0. The van der Waals surface area contributed by atoms with Gasteiger partial charge in [0, 0.05) is 19.2 Å². The van der Waals surface area contributed by atoms with E-state index in [9.17, 15) is 9.59 Å². The lowest BCUT2D eigenvalue weighted by Gasteiger charge is -2.19. The monoisotopic (exact) mass is 340 g/mol. The molecule has 0 aliphatic carbocycles. The SMILES string of the molecule is CC(=O)Nc1ccc(CC(=O)NCc2ccc3c(c2)OCCO3)cc1. The van der Waals surface area contributed by atoms with Crippen molar-refractivity contribution in [3.05, 3.63) is 53.6 Å². The second-order valence-corrected chi connectivity index (χ2v) is 5.81. The van der Waals surface area contributed by atoms with Crippen molar-refractivity contribution in [2.24, 2.45) is 0 Å². The number of hydrogen-bond acceptors (Lipinski definition) is 4. The number of hydrogen-bond donors (Lipinski definition) is 2. The minimum Gasteiger partial charge on any atom is -0.486 e. The lowest BCUT2D eigenvalue weighted by atomic mass is 10.1. The summed E-state index contributed by atoms with van der Waals surface area (Å²) in [5, 5.41) is 5.59. The average molecular weight is 340 g/mol. The number of fused-ring (bicyclic) bond motifs is 1. The normalized spacial score (nSPS) is 12.4. The molecule has 0 radical (unpaired) electrons. The van der Waals surface area contributed by atoms with E-state index in [2.05, 4.69) is 10.6 Å². The van der Waals surface area contributed by atoms with E-state index in [0.717, 1.165) is 16.9 Å². The number of nitrogens with one attached hydrogen (secondary N) is 2. The maximum atomic E-state index is 12.1.